The largest absolute Gasteiger partial charge is 0.507 e. The van der Waals surface area contributed by atoms with Gasteiger partial charge >= 0.3 is 5.91 Å². The zero-order valence-corrected chi connectivity index (χ0v) is 16.8. The summed E-state index contributed by atoms with van der Waals surface area (Å²) >= 11 is 0. The van der Waals surface area contributed by atoms with Gasteiger partial charge in [-0.1, -0.05) is 17.3 Å². The predicted octanol–water partition coefficient (Wildman–Crippen LogP) is 4.15. The van der Waals surface area contributed by atoms with E-state index < -0.39 is 29.3 Å². The highest BCUT2D eigenvalue weighted by Gasteiger charge is 2.48. The molecule has 3 aromatic rings. The molecule has 1 N–H and O–H groups in total. The number of Topliss-reactive ketones (excluding diaryl/α,β-unsaturated/α-hetero) is 1. The smallest absolute Gasteiger partial charge is 0.301 e. The normalized spacial score (nSPS) is 17.9. The van der Waals surface area contributed by atoms with Crippen molar-refractivity contribution in [1.82, 2.24) is 5.16 Å². The lowest BCUT2D eigenvalue weighted by Gasteiger charge is -2.23. The van der Waals surface area contributed by atoms with Crippen LogP contribution in [-0.2, 0) is 9.59 Å². The zero-order valence-electron chi connectivity index (χ0n) is 16.8. The van der Waals surface area contributed by atoms with Gasteiger partial charge in [0.2, 0.25) is 0 Å². The van der Waals surface area contributed by atoms with Gasteiger partial charge in [-0.25, -0.2) is 4.39 Å². The Morgan fingerprint density at radius 3 is 2.42 bits per heavy atom. The number of ketones is 1. The Labute approximate surface area is 177 Å². The van der Waals surface area contributed by atoms with Crippen LogP contribution >= 0.6 is 0 Å². The molecule has 4 rings (SSSR count). The molecule has 2 heterocycles. The molecular weight excluding hydrogens is 403 g/mol. The number of anilines is 1. The van der Waals surface area contributed by atoms with E-state index in [4.69, 9.17) is 9.26 Å². The maximum atomic E-state index is 13.3. The summed E-state index contributed by atoms with van der Waals surface area (Å²) < 4.78 is 23.9. The highest BCUT2D eigenvalue weighted by Crippen LogP contribution is 2.42. The third kappa shape index (κ3) is 3.68. The number of aliphatic hydroxyl groups excluding tert-OH is 1. The van der Waals surface area contributed by atoms with Gasteiger partial charge in [-0.2, -0.15) is 0 Å². The van der Waals surface area contributed by atoms with Crippen molar-refractivity contribution in [3.05, 3.63) is 82.9 Å². The average Bonchev–Trinajstić information content (AvgIpc) is 3.30. The fourth-order valence-corrected chi connectivity index (χ4v) is 3.53. The highest BCUT2D eigenvalue weighted by molar-refractivity contribution is 6.51. The Kier molecular flexibility index (Phi) is 5.29. The summed E-state index contributed by atoms with van der Waals surface area (Å²) in [5.41, 5.74) is 0.653. The van der Waals surface area contributed by atoms with Crippen molar-refractivity contribution in [2.75, 3.05) is 11.5 Å². The molecule has 7 nitrogen and oxygen atoms in total. The molecule has 1 amide bonds. The number of ether oxygens (including phenoxy) is 1. The molecule has 0 spiro atoms. The molecule has 1 aliphatic rings. The molecule has 0 bridgehead atoms. The molecule has 8 heteroatoms. The topological polar surface area (TPSA) is 92.9 Å². The number of aromatic nitrogens is 1. The molecule has 1 aromatic heterocycles. The highest BCUT2D eigenvalue weighted by atomic mass is 19.1. The standard InChI is InChI=1S/C23H19FN2O5/c1-3-30-17-10-6-14(7-11-17)20-19(21(27)15-4-8-16(24)9-5-15)22(28)23(29)26(20)18-12-13(2)31-25-18/h4-12,20,27H,3H2,1-2H3/b21-19+/t20-/m0/s1. The van der Waals surface area contributed by atoms with Crippen molar-refractivity contribution in [2.24, 2.45) is 0 Å². The summed E-state index contributed by atoms with van der Waals surface area (Å²) in [4.78, 5) is 27.1. The van der Waals surface area contributed by atoms with E-state index in [0.29, 0.717) is 23.7 Å². The molecule has 1 atom stereocenters. The second kappa shape index (κ2) is 8.06. The fourth-order valence-electron chi connectivity index (χ4n) is 3.53. The second-order valence-electron chi connectivity index (χ2n) is 6.97. The van der Waals surface area contributed by atoms with Crippen molar-refractivity contribution < 1.29 is 28.3 Å². The summed E-state index contributed by atoms with van der Waals surface area (Å²) in [5, 5.41) is 14.8. The van der Waals surface area contributed by atoms with E-state index in [0.717, 1.165) is 12.1 Å². The molecule has 1 saturated heterocycles. The number of nitrogens with zero attached hydrogens (tertiary/aromatic N) is 2. The minimum absolute atomic E-state index is 0.124. The van der Waals surface area contributed by atoms with Gasteiger partial charge in [-0.15, -0.1) is 0 Å². The van der Waals surface area contributed by atoms with Crippen molar-refractivity contribution in [3.8, 4) is 5.75 Å². The van der Waals surface area contributed by atoms with Crippen LogP contribution in [0.15, 0.2) is 64.7 Å². The van der Waals surface area contributed by atoms with Crippen LogP contribution in [0.1, 0.15) is 29.9 Å². The first-order valence-corrected chi connectivity index (χ1v) is 9.63. The van der Waals surface area contributed by atoms with Gasteiger partial charge < -0.3 is 14.4 Å². The summed E-state index contributed by atoms with van der Waals surface area (Å²) in [6.45, 7) is 4.01. The van der Waals surface area contributed by atoms with Gasteiger partial charge in [0.1, 0.15) is 23.1 Å². The number of amides is 1. The van der Waals surface area contributed by atoms with Crippen molar-refractivity contribution in [3.63, 3.8) is 0 Å². The van der Waals surface area contributed by atoms with Crippen LogP contribution in [0.4, 0.5) is 10.2 Å². The number of hydrogen-bond donors (Lipinski definition) is 1. The van der Waals surface area contributed by atoms with Gasteiger partial charge in [0.25, 0.3) is 5.78 Å². The van der Waals surface area contributed by atoms with Crippen LogP contribution < -0.4 is 9.64 Å². The molecular formula is C23H19FN2O5. The predicted molar refractivity (Wildman–Crippen MR) is 110 cm³/mol. The number of aliphatic hydroxyl groups is 1. The molecule has 1 fully saturated rings. The Balaban J connectivity index is 1.89. The van der Waals surface area contributed by atoms with E-state index >= 15 is 0 Å². The lowest BCUT2D eigenvalue weighted by atomic mass is 9.95. The van der Waals surface area contributed by atoms with E-state index in [1.54, 1.807) is 31.2 Å². The quantitative estimate of drug-likeness (QED) is 0.377. The number of carbonyl (C=O) groups is 2. The van der Waals surface area contributed by atoms with Crippen LogP contribution in [-0.4, -0.2) is 28.6 Å². The van der Waals surface area contributed by atoms with E-state index in [-0.39, 0.29) is 17.0 Å². The summed E-state index contributed by atoms with van der Waals surface area (Å²) in [5.74, 6) is -1.38. The van der Waals surface area contributed by atoms with Crippen molar-refractivity contribution in [2.45, 2.75) is 19.9 Å². The van der Waals surface area contributed by atoms with Crippen LogP contribution in [0, 0.1) is 12.7 Å². The number of halogens is 1. The summed E-state index contributed by atoms with van der Waals surface area (Å²) in [7, 11) is 0. The molecule has 31 heavy (non-hydrogen) atoms. The van der Waals surface area contributed by atoms with Gasteiger partial charge in [-0.3, -0.25) is 14.5 Å². The molecule has 1 aliphatic heterocycles. The first kappa shape index (κ1) is 20.3. The second-order valence-corrected chi connectivity index (χ2v) is 6.97. The van der Waals surface area contributed by atoms with E-state index in [2.05, 4.69) is 5.16 Å². The summed E-state index contributed by atoms with van der Waals surface area (Å²) in [6, 6.07) is 12.4. The molecule has 0 aliphatic carbocycles. The van der Waals surface area contributed by atoms with Gasteiger partial charge in [0, 0.05) is 11.6 Å². The maximum absolute atomic E-state index is 13.3. The summed E-state index contributed by atoms with van der Waals surface area (Å²) in [6.07, 6.45) is 0. The van der Waals surface area contributed by atoms with E-state index in [1.807, 2.05) is 6.92 Å². The molecule has 2 aromatic carbocycles. The van der Waals surface area contributed by atoms with Gasteiger partial charge in [-0.05, 0) is 55.8 Å². The Bertz CT molecular complexity index is 1170. The van der Waals surface area contributed by atoms with E-state index in [9.17, 15) is 19.1 Å². The number of rotatable bonds is 5. The van der Waals surface area contributed by atoms with Crippen molar-refractivity contribution >= 4 is 23.3 Å². The third-order valence-corrected chi connectivity index (χ3v) is 4.93. The number of carbonyl (C=O) groups excluding carboxylic acids is 2. The van der Waals surface area contributed by atoms with Crippen LogP contribution in [0.25, 0.3) is 5.76 Å². The minimum atomic E-state index is -0.953. The Morgan fingerprint density at radius 2 is 1.84 bits per heavy atom. The minimum Gasteiger partial charge on any atom is -0.507 e. The maximum Gasteiger partial charge on any atom is 0.301 e. The Morgan fingerprint density at radius 1 is 1.16 bits per heavy atom. The van der Waals surface area contributed by atoms with Crippen LogP contribution in [0.3, 0.4) is 0 Å². The van der Waals surface area contributed by atoms with Crippen molar-refractivity contribution in [1.29, 1.82) is 0 Å². The van der Waals surface area contributed by atoms with E-state index in [1.165, 1.54) is 23.1 Å². The monoisotopic (exact) mass is 422 g/mol. The number of benzene rings is 2. The number of hydrogen-bond acceptors (Lipinski definition) is 6. The number of aryl methyl sites for hydroxylation is 1. The van der Waals surface area contributed by atoms with Gasteiger partial charge in [0.05, 0.1) is 18.2 Å². The zero-order chi connectivity index (χ0) is 22.1. The first-order chi connectivity index (χ1) is 14.9. The molecule has 158 valence electrons. The van der Waals surface area contributed by atoms with Crippen LogP contribution in [0.2, 0.25) is 0 Å². The van der Waals surface area contributed by atoms with Gasteiger partial charge in [0.15, 0.2) is 5.82 Å². The fraction of sp³-hybridized carbons (Fsp3) is 0.174. The SMILES string of the molecule is CCOc1ccc([C@H]2/C(=C(\O)c3ccc(F)cc3)C(=O)C(=O)N2c2cc(C)on2)cc1. The van der Waals surface area contributed by atoms with Crippen LogP contribution in [0.5, 0.6) is 5.75 Å². The first-order valence-electron chi connectivity index (χ1n) is 9.63. The lowest BCUT2D eigenvalue weighted by Crippen LogP contribution is -2.29. The molecule has 0 saturated carbocycles. The third-order valence-electron chi connectivity index (χ3n) is 4.93. The average molecular weight is 422 g/mol. The molecule has 0 radical (unpaired) electrons. The Hall–Kier alpha value is -3.94. The lowest BCUT2D eigenvalue weighted by molar-refractivity contribution is -0.132. The molecule has 0 unspecified atom stereocenters.